The molecule has 3 heterocycles. The van der Waals surface area contributed by atoms with Crippen LogP contribution in [0.25, 0.3) is 11.0 Å². The van der Waals surface area contributed by atoms with E-state index >= 15 is 0 Å². The van der Waals surface area contributed by atoms with Gasteiger partial charge in [0.2, 0.25) is 0 Å². The van der Waals surface area contributed by atoms with Crippen LogP contribution in [0.5, 0.6) is 0 Å². The van der Waals surface area contributed by atoms with Gasteiger partial charge >= 0.3 is 0 Å². The maximum absolute atomic E-state index is 4.69. The van der Waals surface area contributed by atoms with Gasteiger partial charge in [0, 0.05) is 42.3 Å². The summed E-state index contributed by atoms with van der Waals surface area (Å²) in [5.74, 6) is 0. The molecule has 1 aliphatic rings. The van der Waals surface area contributed by atoms with E-state index in [2.05, 4.69) is 42.8 Å². The van der Waals surface area contributed by atoms with E-state index in [1.165, 1.54) is 11.3 Å². The molecule has 2 aromatic rings. The van der Waals surface area contributed by atoms with Crippen molar-refractivity contribution in [2.75, 3.05) is 6.54 Å². The molecular weight excluding hydrogens is 222 g/mol. The van der Waals surface area contributed by atoms with Gasteiger partial charge in [0.05, 0.1) is 0 Å². The topological polar surface area (TPSA) is 29.0 Å². The van der Waals surface area contributed by atoms with E-state index in [0.29, 0.717) is 0 Å². The molecule has 0 spiro atoms. The molecule has 0 atom stereocenters. The second-order valence-electron chi connectivity index (χ2n) is 5.99. The Balaban J connectivity index is 2.03. The van der Waals surface area contributed by atoms with Gasteiger partial charge in [-0.1, -0.05) is 0 Å². The molecule has 0 aliphatic carbocycles. The molecule has 3 heteroatoms. The summed E-state index contributed by atoms with van der Waals surface area (Å²) in [5.41, 5.74) is 3.68. The molecule has 94 valence electrons. The molecule has 2 aromatic heterocycles. The highest BCUT2D eigenvalue weighted by Gasteiger charge is 2.26. The SMILES string of the molecule is CC(C)(C)N1CCc2nc3ncccc3cc2C1. The molecule has 0 saturated carbocycles. The van der Waals surface area contributed by atoms with Crippen molar-refractivity contribution in [1.29, 1.82) is 0 Å². The number of hydrogen-bond acceptors (Lipinski definition) is 3. The highest BCUT2D eigenvalue weighted by atomic mass is 15.2. The Hall–Kier alpha value is -1.48. The average Bonchev–Trinajstić information content (AvgIpc) is 2.34. The van der Waals surface area contributed by atoms with Gasteiger partial charge in [0.25, 0.3) is 0 Å². The monoisotopic (exact) mass is 241 g/mol. The summed E-state index contributed by atoms with van der Waals surface area (Å²) in [6.07, 6.45) is 2.84. The van der Waals surface area contributed by atoms with Crippen LogP contribution < -0.4 is 0 Å². The zero-order valence-corrected chi connectivity index (χ0v) is 11.3. The number of fused-ring (bicyclic) bond motifs is 2. The molecule has 0 radical (unpaired) electrons. The lowest BCUT2D eigenvalue weighted by Gasteiger charge is -2.38. The molecule has 0 fully saturated rings. The van der Waals surface area contributed by atoms with E-state index in [4.69, 9.17) is 4.98 Å². The fourth-order valence-corrected chi connectivity index (χ4v) is 2.54. The standard InChI is InChI=1S/C15H19N3/c1-15(2,3)18-8-6-13-12(10-18)9-11-5-4-7-16-14(11)17-13/h4-5,7,9H,6,8,10H2,1-3H3. The first kappa shape index (κ1) is 11.6. The van der Waals surface area contributed by atoms with E-state index in [1.807, 2.05) is 12.3 Å². The van der Waals surface area contributed by atoms with Gasteiger partial charge in [-0.15, -0.1) is 0 Å². The first-order valence-electron chi connectivity index (χ1n) is 6.52. The molecule has 0 saturated heterocycles. The van der Waals surface area contributed by atoms with Gasteiger partial charge in [-0.2, -0.15) is 0 Å². The molecule has 0 bridgehead atoms. The van der Waals surface area contributed by atoms with Crippen LogP contribution in [0, 0.1) is 0 Å². The number of hydrogen-bond donors (Lipinski definition) is 0. The van der Waals surface area contributed by atoms with Crippen LogP contribution in [0.4, 0.5) is 0 Å². The minimum Gasteiger partial charge on any atom is -0.294 e. The van der Waals surface area contributed by atoms with Crippen LogP contribution in [0.15, 0.2) is 24.4 Å². The van der Waals surface area contributed by atoms with Crippen molar-refractivity contribution in [2.24, 2.45) is 0 Å². The van der Waals surface area contributed by atoms with Gasteiger partial charge in [-0.3, -0.25) is 4.90 Å². The Morgan fingerprint density at radius 1 is 1.28 bits per heavy atom. The van der Waals surface area contributed by atoms with Crippen molar-refractivity contribution in [1.82, 2.24) is 14.9 Å². The van der Waals surface area contributed by atoms with Gasteiger partial charge in [0.1, 0.15) is 0 Å². The minimum atomic E-state index is 0.224. The molecule has 3 nitrogen and oxygen atoms in total. The summed E-state index contributed by atoms with van der Waals surface area (Å²) in [6.45, 7) is 8.90. The number of aromatic nitrogens is 2. The smallest absolute Gasteiger partial charge is 0.159 e. The van der Waals surface area contributed by atoms with Gasteiger partial charge in [-0.25, -0.2) is 9.97 Å². The van der Waals surface area contributed by atoms with Gasteiger partial charge in [0.15, 0.2) is 5.65 Å². The Morgan fingerprint density at radius 2 is 2.11 bits per heavy atom. The molecule has 0 aromatic carbocycles. The molecule has 0 N–H and O–H groups in total. The van der Waals surface area contributed by atoms with Crippen molar-refractivity contribution in [3.05, 3.63) is 35.7 Å². The molecule has 1 aliphatic heterocycles. The average molecular weight is 241 g/mol. The summed E-state index contributed by atoms with van der Waals surface area (Å²) < 4.78 is 0. The predicted octanol–water partition coefficient (Wildman–Crippen LogP) is 2.79. The lowest BCUT2D eigenvalue weighted by molar-refractivity contribution is 0.120. The van der Waals surface area contributed by atoms with Crippen molar-refractivity contribution in [3.63, 3.8) is 0 Å². The number of pyridine rings is 2. The summed E-state index contributed by atoms with van der Waals surface area (Å²) in [7, 11) is 0. The fraction of sp³-hybridized carbons (Fsp3) is 0.467. The largest absolute Gasteiger partial charge is 0.294 e. The second kappa shape index (κ2) is 4.02. The number of rotatable bonds is 0. The van der Waals surface area contributed by atoms with Crippen LogP contribution in [0.1, 0.15) is 32.0 Å². The quantitative estimate of drug-likeness (QED) is 0.710. The van der Waals surface area contributed by atoms with Crippen LogP contribution in [0.2, 0.25) is 0 Å². The van der Waals surface area contributed by atoms with E-state index in [-0.39, 0.29) is 5.54 Å². The third-order valence-electron chi connectivity index (χ3n) is 3.69. The fourth-order valence-electron chi connectivity index (χ4n) is 2.54. The normalized spacial score (nSPS) is 16.8. The zero-order chi connectivity index (χ0) is 12.8. The predicted molar refractivity (Wildman–Crippen MR) is 73.4 cm³/mol. The van der Waals surface area contributed by atoms with Crippen molar-refractivity contribution in [3.8, 4) is 0 Å². The lowest BCUT2D eigenvalue weighted by Crippen LogP contribution is -2.44. The summed E-state index contributed by atoms with van der Waals surface area (Å²) in [6, 6.07) is 6.31. The highest BCUT2D eigenvalue weighted by molar-refractivity contribution is 5.75. The third-order valence-corrected chi connectivity index (χ3v) is 3.69. The number of nitrogens with zero attached hydrogens (tertiary/aromatic N) is 3. The maximum atomic E-state index is 4.69. The van der Waals surface area contributed by atoms with Crippen LogP contribution in [-0.2, 0) is 13.0 Å². The van der Waals surface area contributed by atoms with E-state index in [0.717, 1.165) is 30.5 Å². The van der Waals surface area contributed by atoms with Crippen molar-refractivity contribution >= 4 is 11.0 Å². The molecule has 0 amide bonds. The first-order chi connectivity index (χ1) is 8.54. The van der Waals surface area contributed by atoms with Crippen LogP contribution in [-0.4, -0.2) is 27.0 Å². The van der Waals surface area contributed by atoms with Crippen molar-refractivity contribution in [2.45, 2.75) is 39.3 Å². The maximum Gasteiger partial charge on any atom is 0.159 e. The first-order valence-corrected chi connectivity index (χ1v) is 6.52. The summed E-state index contributed by atoms with van der Waals surface area (Å²) >= 11 is 0. The Labute approximate surface area is 108 Å². The Morgan fingerprint density at radius 3 is 2.89 bits per heavy atom. The zero-order valence-electron chi connectivity index (χ0n) is 11.3. The molecule has 18 heavy (non-hydrogen) atoms. The van der Waals surface area contributed by atoms with Crippen LogP contribution in [0.3, 0.4) is 0 Å². The van der Waals surface area contributed by atoms with E-state index in [1.54, 1.807) is 0 Å². The van der Waals surface area contributed by atoms with Gasteiger partial charge < -0.3 is 0 Å². The van der Waals surface area contributed by atoms with Crippen LogP contribution >= 0.6 is 0 Å². The van der Waals surface area contributed by atoms with Crippen molar-refractivity contribution < 1.29 is 0 Å². The lowest BCUT2D eigenvalue weighted by atomic mass is 9.98. The Bertz CT molecular complexity index is 584. The summed E-state index contributed by atoms with van der Waals surface area (Å²) in [5, 5.41) is 1.15. The second-order valence-corrected chi connectivity index (χ2v) is 5.99. The molecule has 0 unspecified atom stereocenters. The third kappa shape index (κ3) is 1.99. The minimum absolute atomic E-state index is 0.224. The van der Waals surface area contributed by atoms with Gasteiger partial charge in [-0.05, 0) is 44.5 Å². The van der Waals surface area contributed by atoms with E-state index < -0.39 is 0 Å². The summed E-state index contributed by atoms with van der Waals surface area (Å²) in [4.78, 5) is 11.5. The molecular formula is C15H19N3. The Kier molecular flexibility index (Phi) is 2.59. The highest BCUT2D eigenvalue weighted by Crippen LogP contribution is 2.26. The van der Waals surface area contributed by atoms with E-state index in [9.17, 15) is 0 Å². The molecule has 3 rings (SSSR count).